The summed E-state index contributed by atoms with van der Waals surface area (Å²) >= 11 is 0. The summed E-state index contributed by atoms with van der Waals surface area (Å²) in [7, 11) is 1.86. The number of carbonyl (C=O) groups excluding carboxylic acids is 1. The van der Waals surface area contributed by atoms with E-state index >= 15 is 0 Å². The number of phenols is 1. The Labute approximate surface area is 222 Å². The van der Waals surface area contributed by atoms with Crippen LogP contribution in [0.3, 0.4) is 0 Å². The van der Waals surface area contributed by atoms with Crippen molar-refractivity contribution in [2.45, 2.75) is 80.8 Å². The Balaban J connectivity index is 1.14. The van der Waals surface area contributed by atoms with E-state index in [0.717, 1.165) is 48.5 Å². The number of amides is 1. The largest absolute Gasteiger partial charge is 0.504 e. The number of likely N-dealkylation sites (tertiary alicyclic amines) is 1. The number of carbonyl (C=O) groups is 1. The zero-order chi connectivity index (χ0) is 25.8. The minimum atomic E-state index is -0.950. The van der Waals surface area contributed by atoms with Gasteiger partial charge in [-0.15, -0.1) is 0 Å². The second-order valence-corrected chi connectivity index (χ2v) is 12.4. The topological polar surface area (TPSA) is 91.7 Å². The Morgan fingerprint density at radius 3 is 2.84 bits per heavy atom. The highest BCUT2D eigenvalue weighted by Gasteiger charge is 2.73. The molecule has 2 saturated carbocycles. The van der Waals surface area contributed by atoms with Gasteiger partial charge in [-0.3, -0.25) is 9.69 Å². The first-order chi connectivity index (χ1) is 18.4. The van der Waals surface area contributed by atoms with Gasteiger partial charge in [-0.1, -0.05) is 18.2 Å². The molecule has 8 rings (SSSR count). The number of nitrogens with zero attached hydrogens (tertiary/aromatic N) is 2. The van der Waals surface area contributed by atoms with Crippen LogP contribution in [0.2, 0.25) is 0 Å². The Hall–Kier alpha value is -2.81. The van der Waals surface area contributed by atoms with Gasteiger partial charge in [0.25, 0.3) is 0 Å². The Bertz CT molecular complexity index is 1340. The lowest BCUT2D eigenvalue weighted by Crippen LogP contribution is -2.78. The van der Waals surface area contributed by atoms with Crippen molar-refractivity contribution in [2.75, 3.05) is 20.1 Å². The SMILES string of the molecule is CN(C(=O)Cc1ccc2c(c1)OOC2)[C@@H]1CC[C@@]2(O)[C@H]3Cc4ccc(O)c5c4[C@@]2(CCN3CC2CC2)[C@H]1O5. The van der Waals surface area contributed by atoms with E-state index in [1.165, 1.54) is 18.4 Å². The molecule has 3 heterocycles. The van der Waals surface area contributed by atoms with Gasteiger partial charge in [0.2, 0.25) is 5.91 Å². The molecule has 200 valence electrons. The molecule has 0 radical (unpaired) electrons. The summed E-state index contributed by atoms with van der Waals surface area (Å²) in [5.41, 5.74) is 2.44. The van der Waals surface area contributed by atoms with E-state index in [2.05, 4.69) is 4.90 Å². The van der Waals surface area contributed by atoms with E-state index in [4.69, 9.17) is 14.5 Å². The van der Waals surface area contributed by atoms with Crippen molar-refractivity contribution in [2.24, 2.45) is 5.92 Å². The molecule has 6 aliphatic rings. The maximum atomic E-state index is 13.6. The molecule has 1 spiro atoms. The van der Waals surface area contributed by atoms with Gasteiger partial charge >= 0.3 is 0 Å². The molecule has 2 bridgehead atoms. The Morgan fingerprint density at radius 1 is 1.16 bits per heavy atom. The van der Waals surface area contributed by atoms with Crippen LogP contribution in [-0.2, 0) is 34.5 Å². The number of rotatable bonds is 5. The van der Waals surface area contributed by atoms with Crippen molar-refractivity contribution < 1.29 is 29.5 Å². The van der Waals surface area contributed by atoms with Crippen molar-refractivity contribution in [3.05, 3.63) is 52.6 Å². The zero-order valence-electron chi connectivity index (χ0n) is 21.7. The number of ether oxygens (including phenoxy) is 1. The van der Waals surface area contributed by atoms with E-state index < -0.39 is 17.1 Å². The molecule has 2 N–H and O–H groups in total. The number of piperidine rings is 1. The quantitative estimate of drug-likeness (QED) is 0.588. The molecule has 5 atom stereocenters. The number of aromatic hydroxyl groups is 1. The third-order valence-corrected chi connectivity index (χ3v) is 10.5. The predicted molar refractivity (Wildman–Crippen MR) is 137 cm³/mol. The number of aliphatic hydroxyl groups is 1. The molecule has 38 heavy (non-hydrogen) atoms. The second-order valence-electron chi connectivity index (χ2n) is 12.4. The number of likely N-dealkylation sites (N-methyl/N-ethyl adjacent to an activating group) is 1. The van der Waals surface area contributed by atoms with Crippen LogP contribution in [0.5, 0.6) is 17.2 Å². The van der Waals surface area contributed by atoms with Crippen molar-refractivity contribution >= 4 is 5.91 Å². The Morgan fingerprint density at radius 2 is 2.00 bits per heavy atom. The van der Waals surface area contributed by atoms with Gasteiger partial charge in [0.05, 0.1) is 23.5 Å². The smallest absolute Gasteiger partial charge is 0.227 e. The normalized spacial score (nSPS) is 34.2. The van der Waals surface area contributed by atoms with E-state index in [1.54, 1.807) is 6.07 Å². The van der Waals surface area contributed by atoms with Gasteiger partial charge in [0.15, 0.2) is 17.2 Å². The summed E-state index contributed by atoms with van der Waals surface area (Å²) in [6.45, 7) is 2.37. The van der Waals surface area contributed by atoms with E-state index in [1.807, 2.05) is 36.2 Å². The molecular formula is C30H34N2O6. The maximum absolute atomic E-state index is 13.6. The zero-order valence-corrected chi connectivity index (χ0v) is 21.7. The fourth-order valence-corrected chi connectivity index (χ4v) is 8.40. The van der Waals surface area contributed by atoms with Crippen molar-refractivity contribution in [1.29, 1.82) is 0 Å². The number of hydrogen-bond acceptors (Lipinski definition) is 7. The van der Waals surface area contributed by atoms with Gasteiger partial charge < -0.3 is 24.7 Å². The summed E-state index contributed by atoms with van der Waals surface area (Å²) in [6.07, 6.45) is 5.21. The lowest BCUT2D eigenvalue weighted by Gasteiger charge is -2.64. The van der Waals surface area contributed by atoms with Crippen LogP contribution < -0.4 is 9.62 Å². The van der Waals surface area contributed by atoms with E-state index in [9.17, 15) is 15.0 Å². The summed E-state index contributed by atoms with van der Waals surface area (Å²) in [4.78, 5) is 28.2. The molecule has 0 aromatic heterocycles. The van der Waals surface area contributed by atoms with Crippen LogP contribution in [0.25, 0.3) is 0 Å². The van der Waals surface area contributed by atoms with Crippen LogP contribution in [0.1, 0.15) is 54.4 Å². The molecule has 2 aromatic carbocycles. The lowest BCUT2D eigenvalue weighted by molar-refractivity contribution is -0.200. The van der Waals surface area contributed by atoms with Crippen molar-refractivity contribution in [1.82, 2.24) is 9.80 Å². The molecule has 1 saturated heterocycles. The van der Waals surface area contributed by atoms with Gasteiger partial charge in [-0.05, 0) is 74.2 Å². The van der Waals surface area contributed by atoms with Crippen LogP contribution in [0.15, 0.2) is 30.3 Å². The molecule has 0 unspecified atom stereocenters. The molecule has 1 amide bonds. The standard InChI is InChI=1S/C30H34N2O6/c1-31(25(34)13-18-4-5-20-16-36-38-23(20)12-18)21-8-9-30(35)24-14-19-6-7-22(33)27-26(19)29(30,28(21)37-27)10-11-32(24)15-17-2-3-17/h4-7,12,17,21,24,28,33,35H,2-3,8-11,13-16H2,1H3/t21-,24-,28+,29+,30-/m1/s1. The summed E-state index contributed by atoms with van der Waals surface area (Å²) < 4.78 is 6.64. The van der Waals surface area contributed by atoms with Crippen molar-refractivity contribution in [3.8, 4) is 17.2 Å². The first-order valence-electron chi connectivity index (χ1n) is 14.0. The van der Waals surface area contributed by atoms with Crippen LogP contribution in [0, 0.1) is 5.92 Å². The summed E-state index contributed by atoms with van der Waals surface area (Å²) in [6, 6.07) is 9.36. The molecule has 3 aliphatic carbocycles. The van der Waals surface area contributed by atoms with Crippen LogP contribution >= 0.6 is 0 Å². The first-order valence-corrected chi connectivity index (χ1v) is 14.0. The summed E-state index contributed by atoms with van der Waals surface area (Å²) in [5, 5.41) is 23.5. The van der Waals surface area contributed by atoms with Gasteiger partial charge in [0, 0.05) is 30.8 Å². The van der Waals surface area contributed by atoms with E-state index in [-0.39, 0.29) is 30.2 Å². The predicted octanol–water partition coefficient (Wildman–Crippen LogP) is 2.85. The molecule has 3 fully saturated rings. The monoisotopic (exact) mass is 518 g/mol. The van der Waals surface area contributed by atoms with Crippen LogP contribution in [0.4, 0.5) is 0 Å². The second kappa shape index (κ2) is 7.87. The minimum Gasteiger partial charge on any atom is -0.504 e. The molecule has 3 aliphatic heterocycles. The van der Waals surface area contributed by atoms with Crippen molar-refractivity contribution in [3.63, 3.8) is 0 Å². The number of benzene rings is 2. The highest BCUT2D eigenvalue weighted by atomic mass is 17.2. The maximum Gasteiger partial charge on any atom is 0.227 e. The molecule has 8 nitrogen and oxygen atoms in total. The third kappa shape index (κ3) is 2.99. The van der Waals surface area contributed by atoms with Crippen LogP contribution in [-0.4, -0.2) is 69.8 Å². The van der Waals surface area contributed by atoms with Gasteiger partial charge in [-0.2, -0.15) is 4.89 Å². The third-order valence-electron chi connectivity index (χ3n) is 10.5. The fraction of sp³-hybridized carbons (Fsp3) is 0.567. The number of fused-ring (bicyclic) bond motifs is 1. The summed E-state index contributed by atoms with van der Waals surface area (Å²) in [5.74, 6) is 2.06. The minimum absolute atomic E-state index is 0.00163. The molecule has 2 aromatic rings. The average Bonchev–Trinajstić information content (AvgIpc) is 3.47. The molecular weight excluding hydrogens is 484 g/mol. The molecule has 8 heteroatoms. The average molecular weight is 519 g/mol. The lowest BCUT2D eigenvalue weighted by atomic mass is 9.48. The van der Waals surface area contributed by atoms with Gasteiger partial charge in [-0.25, -0.2) is 0 Å². The number of hydrogen-bond donors (Lipinski definition) is 2. The van der Waals surface area contributed by atoms with Gasteiger partial charge in [0.1, 0.15) is 12.7 Å². The first kappa shape index (κ1) is 23.1. The fourth-order valence-electron chi connectivity index (χ4n) is 8.40. The highest BCUT2D eigenvalue weighted by molar-refractivity contribution is 5.79. The number of phenolic OH excluding ortho intramolecular Hbond substituents is 1. The Kier molecular flexibility index (Phi) is 4.78. The van der Waals surface area contributed by atoms with E-state index in [0.29, 0.717) is 30.9 Å². The highest BCUT2D eigenvalue weighted by Crippen LogP contribution is 2.66.